The number of hydrogen-bond acceptors (Lipinski definition) is 3. The minimum Gasteiger partial charge on any atom is -0.323 e. The molecule has 0 radical (unpaired) electrons. The summed E-state index contributed by atoms with van der Waals surface area (Å²) in [6, 6.07) is 8.35. The van der Waals surface area contributed by atoms with Crippen LogP contribution in [0.15, 0.2) is 42.0 Å². The van der Waals surface area contributed by atoms with Crippen LogP contribution in [0.1, 0.15) is 22.9 Å². The summed E-state index contributed by atoms with van der Waals surface area (Å²) in [6.45, 7) is 0. The molecule has 0 saturated heterocycles. The number of aryl methyl sites for hydroxylation is 1. The lowest BCUT2D eigenvalue weighted by Gasteiger charge is -2.08. The van der Waals surface area contributed by atoms with E-state index in [4.69, 9.17) is 5.73 Å². The van der Waals surface area contributed by atoms with Gasteiger partial charge in [0.05, 0.1) is 0 Å². The summed E-state index contributed by atoms with van der Waals surface area (Å²) in [5, 5.41) is 2.07. The second-order valence-corrected chi connectivity index (χ2v) is 4.50. The van der Waals surface area contributed by atoms with Crippen molar-refractivity contribution in [3.05, 3.63) is 52.5 Å². The predicted molar refractivity (Wildman–Crippen MR) is 63.8 cm³/mol. The van der Waals surface area contributed by atoms with Crippen LogP contribution in [0, 0.1) is 0 Å². The number of nitrogens with zero attached hydrogens (tertiary/aromatic N) is 1. The number of aromatic nitrogens is 1. The summed E-state index contributed by atoms with van der Waals surface area (Å²) < 4.78 is 0. The normalized spacial score (nSPS) is 12.6. The second-order valence-electron chi connectivity index (χ2n) is 3.52. The SMILES string of the molecule is NC(CCc1cccnc1)c1cccs1. The Bertz CT molecular complexity index is 383. The molecule has 0 fully saturated rings. The first kappa shape index (κ1) is 10.3. The number of nitrogens with two attached hydrogens (primary N) is 1. The number of rotatable bonds is 4. The van der Waals surface area contributed by atoms with Crippen LogP contribution >= 0.6 is 11.3 Å². The monoisotopic (exact) mass is 218 g/mol. The van der Waals surface area contributed by atoms with Gasteiger partial charge in [-0.05, 0) is 35.9 Å². The van der Waals surface area contributed by atoms with Gasteiger partial charge in [0.15, 0.2) is 0 Å². The van der Waals surface area contributed by atoms with Gasteiger partial charge < -0.3 is 5.73 Å². The molecular weight excluding hydrogens is 204 g/mol. The average Bonchev–Trinajstić information content (AvgIpc) is 2.81. The zero-order valence-corrected chi connectivity index (χ0v) is 9.28. The summed E-state index contributed by atoms with van der Waals surface area (Å²) in [6.07, 6.45) is 5.67. The lowest BCUT2D eigenvalue weighted by Crippen LogP contribution is -2.09. The minimum absolute atomic E-state index is 0.158. The minimum atomic E-state index is 0.158. The molecule has 0 aliphatic rings. The summed E-state index contributed by atoms with van der Waals surface area (Å²) in [4.78, 5) is 5.35. The van der Waals surface area contributed by atoms with Gasteiger partial charge in [0.25, 0.3) is 0 Å². The largest absolute Gasteiger partial charge is 0.323 e. The van der Waals surface area contributed by atoms with Crippen molar-refractivity contribution in [1.82, 2.24) is 4.98 Å². The fraction of sp³-hybridized carbons (Fsp3) is 0.250. The van der Waals surface area contributed by atoms with E-state index < -0.39 is 0 Å². The van der Waals surface area contributed by atoms with Gasteiger partial charge in [-0.1, -0.05) is 12.1 Å². The molecule has 0 aliphatic carbocycles. The average molecular weight is 218 g/mol. The van der Waals surface area contributed by atoms with Gasteiger partial charge in [-0.3, -0.25) is 4.98 Å². The molecule has 15 heavy (non-hydrogen) atoms. The molecule has 0 amide bonds. The highest BCUT2D eigenvalue weighted by molar-refractivity contribution is 7.10. The van der Waals surface area contributed by atoms with E-state index in [9.17, 15) is 0 Å². The van der Waals surface area contributed by atoms with Crippen molar-refractivity contribution >= 4 is 11.3 Å². The molecule has 78 valence electrons. The Labute approximate surface area is 93.8 Å². The molecule has 2 nitrogen and oxygen atoms in total. The van der Waals surface area contributed by atoms with Crippen molar-refractivity contribution in [2.45, 2.75) is 18.9 Å². The molecule has 2 rings (SSSR count). The van der Waals surface area contributed by atoms with Crippen LogP contribution in [-0.2, 0) is 6.42 Å². The maximum atomic E-state index is 6.08. The molecule has 0 aromatic carbocycles. The van der Waals surface area contributed by atoms with E-state index in [1.165, 1.54) is 10.4 Å². The van der Waals surface area contributed by atoms with Crippen LogP contribution in [0.2, 0.25) is 0 Å². The van der Waals surface area contributed by atoms with E-state index in [1.54, 1.807) is 17.5 Å². The van der Waals surface area contributed by atoms with E-state index in [2.05, 4.69) is 22.5 Å². The maximum Gasteiger partial charge on any atom is 0.0392 e. The van der Waals surface area contributed by atoms with Crippen LogP contribution in [0.25, 0.3) is 0 Å². The third-order valence-electron chi connectivity index (χ3n) is 2.38. The van der Waals surface area contributed by atoms with Gasteiger partial charge in [0, 0.05) is 23.3 Å². The van der Waals surface area contributed by atoms with E-state index in [0.717, 1.165) is 12.8 Å². The topological polar surface area (TPSA) is 38.9 Å². The summed E-state index contributed by atoms with van der Waals surface area (Å²) >= 11 is 1.73. The van der Waals surface area contributed by atoms with Crippen LogP contribution in [-0.4, -0.2) is 4.98 Å². The van der Waals surface area contributed by atoms with Crippen LogP contribution in [0.4, 0.5) is 0 Å². The highest BCUT2D eigenvalue weighted by Gasteiger charge is 2.06. The standard InChI is InChI=1S/C12H14N2S/c13-11(12-4-2-8-15-12)6-5-10-3-1-7-14-9-10/h1-4,7-9,11H,5-6,13H2. The van der Waals surface area contributed by atoms with E-state index in [-0.39, 0.29) is 6.04 Å². The quantitative estimate of drug-likeness (QED) is 0.857. The van der Waals surface area contributed by atoms with Gasteiger partial charge in [-0.25, -0.2) is 0 Å². The van der Waals surface area contributed by atoms with Gasteiger partial charge in [-0.2, -0.15) is 0 Å². The molecule has 0 bridgehead atoms. The van der Waals surface area contributed by atoms with Crippen molar-refractivity contribution in [3.63, 3.8) is 0 Å². The first-order chi connectivity index (χ1) is 7.36. The van der Waals surface area contributed by atoms with Crippen LogP contribution in [0.5, 0.6) is 0 Å². The Morgan fingerprint density at radius 1 is 1.33 bits per heavy atom. The van der Waals surface area contributed by atoms with Crippen LogP contribution in [0.3, 0.4) is 0 Å². The maximum absolute atomic E-state index is 6.08. The fourth-order valence-electron chi connectivity index (χ4n) is 1.51. The third-order valence-corrected chi connectivity index (χ3v) is 3.38. The zero-order valence-electron chi connectivity index (χ0n) is 8.47. The highest BCUT2D eigenvalue weighted by Crippen LogP contribution is 2.20. The summed E-state index contributed by atoms with van der Waals surface area (Å²) in [5.74, 6) is 0. The van der Waals surface area contributed by atoms with Gasteiger partial charge in [0.1, 0.15) is 0 Å². The Balaban J connectivity index is 1.89. The number of pyridine rings is 1. The van der Waals surface area contributed by atoms with Gasteiger partial charge in [-0.15, -0.1) is 11.3 Å². The molecule has 1 unspecified atom stereocenters. The summed E-state index contributed by atoms with van der Waals surface area (Å²) in [7, 11) is 0. The smallest absolute Gasteiger partial charge is 0.0392 e. The van der Waals surface area contributed by atoms with Gasteiger partial charge >= 0.3 is 0 Å². The van der Waals surface area contributed by atoms with E-state index >= 15 is 0 Å². The van der Waals surface area contributed by atoms with Crippen LogP contribution < -0.4 is 5.73 Å². The second kappa shape index (κ2) is 5.05. The zero-order chi connectivity index (χ0) is 10.5. The lowest BCUT2D eigenvalue weighted by atomic mass is 10.1. The first-order valence-corrected chi connectivity index (χ1v) is 5.92. The molecule has 2 aromatic heterocycles. The molecule has 2 N–H and O–H groups in total. The molecule has 0 aliphatic heterocycles. The van der Waals surface area contributed by atoms with Crippen molar-refractivity contribution < 1.29 is 0 Å². The molecular formula is C12H14N2S. The highest BCUT2D eigenvalue weighted by atomic mass is 32.1. The number of thiophene rings is 1. The van der Waals surface area contributed by atoms with Crippen molar-refractivity contribution in [2.75, 3.05) is 0 Å². The molecule has 2 heterocycles. The van der Waals surface area contributed by atoms with E-state index in [0.29, 0.717) is 0 Å². The Hall–Kier alpha value is -1.19. The first-order valence-electron chi connectivity index (χ1n) is 5.04. The Kier molecular flexibility index (Phi) is 3.48. The lowest BCUT2D eigenvalue weighted by molar-refractivity contribution is 0.661. The van der Waals surface area contributed by atoms with Crippen molar-refractivity contribution in [2.24, 2.45) is 5.73 Å². The third kappa shape index (κ3) is 2.88. The van der Waals surface area contributed by atoms with Crippen molar-refractivity contribution in [1.29, 1.82) is 0 Å². The van der Waals surface area contributed by atoms with Gasteiger partial charge in [0.2, 0.25) is 0 Å². The number of hydrogen-bond donors (Lipinski definition) is 1. The Morgan fingerprint density at radius 3 is 2.93 bits per heavy atom. The Morgan fingerprint density at radius 2 is 2.27 bits per heavy atom. The molecule has 0 saturated carbocycles. The molecule has 3 heteroatoms. The van der Waals surface area contributed by atoms with E-state index in [1.807, 2.05) is 18.3 Å². The summed E-state index contributed by atoms with van der Waals surface area (Å²) in [5.41, 5.74) is 7.33. The van der Waals surface area contributed by atoms with Crippen molar-refractivity contribution in [3.8, 4) is 0 Å². The predicted octanol–water partition coefficient (Wildman–Crippen LogP) is 2.78. The molecule has 0 spiro atoms. The molecule has 1 atom stereocenters. The molecule has 2 aromatic rings. The fourth-order valence-corrected chi connectivity index (χ4v) is 2.28.